The molecule has 0 aliphatic heterocycles. The number of hydrazine groups is 1. The number of carbonyl (C=O) groups is 1. The van der Waals surface area contributed by atoms with Crippen LogP contribution < -0.4 is 16.2 Å². The summed E-state index contributed by atoms with van der Waals surface area (Å²) in [6.45, 7) is 0.239. The minimum atomic E-state index is -0.466. The SMILES string of the molecule is NNOC(=O)CCOc1ccc2cc(Br)ccc2c1. The van der Waals surface area contributed by atoms with Crippen molar-refractivity contribution in [3.63, 3.8) is 0 Å². The van der Waals surface area contributed by atoms with Gasteiger partial charge in [-0.25, -0.2) is 5.84 Å². The highest BCUT2D eigenvalue weighted by Gasteiger charge is 2.03. The second kappa shape index (κ2) is 6.51. The number of benzene rings is 2. The summed E-state index contributed by atoms with van der Waals surface area (Å²) in [5.41, 5.74) is 1.84. The van der Waals surface area contributed by atoms with Gasteiger partial charge in [-0.1, -0.05) is 33.7 Å². The Hall–Kier alpha value is -1.63. The predicted octanol–water partition coefficient (Wildman–Crippen LogP) is 2.29. The van der Waals surface area contributed by atoms with Crippen LogP contribution in [0.25, 0.3) is 10.8 Å². The molecular formula is C13H13BrN2O3. The zero-order valence-corrected chi connectivity index (χ0v) is 11.6. The first-order valence-electron chi connectivity index (χ1n) is 5.66. The molecule has 0 bridgehead atoms. The highest BCUT2D eigenvalue weighted by molar-refractivity contribution is 9.10. The molecule has 0 atom stereocenters. The van der Waals surface area contributed by atoms with Gasteiger partial charge in [-0.3, -0.25) is 4.79 Å². The van der Waals surface area contributed by atoms with Gasteiger partial charge < -0.3 is 9.57 Å². The molecule has 0 unspecified atom stereocenters. The number of hydrogen-bond acceptors (Lipinski definition) is 5. The average Bonchev–Trinajstić information content (AvgIpc) is 2.39. The van der Waals surface area contributed by atoms with Gasteiger partial charge in [-0.15, -0.1) is 0 Å². The number of fused-ring (bicyclic) bond motifs is 1. The van der Waals surface area contributed by atoms with Crippen molar-refractivity contribution < 1.29 is 14.4 Å². The van der Waals surface area contributed by atoms with E-state index in [1.54, 1.807) is 0 Å². The molecule has 0 heterocycles. The lowest BCUT2D eigenvalue weighted by molar-refractivity contribution is -0.151. The quantitative estimate of drug-likeness (QED) is 0.652. The average molecular weight is 325 g/mol. The zero-order valence-electron chi connectivity index (χ0n) is 10.1. The number of nitrogens with two attached hydrogens (primary N) is 1. The molecule has 100 valence electrons. The van der Waals surface area contributed by atoms with E-state index >= 15 is 0 Å². The fourth-order valence-corrected chi connectivity index (χ4v) is 2.03. The van der Waals surface area contributed by atoms with Gasteiger partial charge in [0.05, 0.1) is 13.0 Å². The van der Waals surface area contributed by atoms with Crippen LogP contribution in [0, 0.1) is 0 Å². The summed E-state index contributed by atoms with van der Waals surface area (Å²) in [5, 5.41) is 2.19. The van der Waals surface area contributed by atoms with Crippen LogP contribution >= 0.6 is 15.9 Å². The van der Waals surface area contributed by atoms with Crippen molar-refractivity contribution >= 4 is 32.7 Å². The van der Waals surface area contributed by atoms with Crippen LogP contribution in [0.15, 0.2) is 40.9 Å². The molecule has 2 aromatic carbocycles. The number of halogens is 1. The van der Waals surface area contributed by atoms with Gasteiger partial charge in [-0.2, -0.15) is 0 Å². The number of rotatable bonds is 5. The molecule has 3 N–H and O–H groups in total. The van der Waals surface area contributed by atoms with Crippen molar-refractivity contribution in [2.75, 3.05) is 6.61 Å². The molecule has 6 heteroatoms. The molecule has 0 fully saturated rings. The highest BCUT2D eigenvalue weighted by Crippen LogP contribution is 2.24. The largest absolute Gasteiger partial charge is 0.493 e. The van der Waals surface area contributed by atoms with Gasteiger partial charge in [0, 0.05) is 4.47 Å². The molecule has 19 heavy (non-hydrogen) atoms. The topological polar surface area (TPSA) is 73.6 Å². The van der Waals surface area contributed by atoms with Crippen LogP contribution in [0.4, 0.5) is 0 Å². The normalized spacial score (nSPS) is 10.4. The zero-order chi connectivity index (χ0) is 13.7. The van der Waals surface area contributed by atoms with Crippen LogP contribution in [0.3, 0.4) is 0 Å². The molecule has 5 nitrogen and oxygen atoms in total. The Morgan fingerprint density at radius 1 is 1.21 bits per heavy atom. The third-order valence-corrected chi connectivity index (χ3v) is 3.01. The third kappa shape index (κ3) is 3.92. The smallest absolute Gasteiger partial charge is 0.329 e. The Balaban J connectivity index is 1.98. The monoisotopic (exact) mass is 324 g/mol. The van der Waals surface area contributed by atoms with Gasteiger partial charge in [0.15, 0.2) is 0 Å². The molecule has 0 aliphatic carbocycles. The van der Waals surface area contributed by atoms with Crippen LogP contribution in [-0.2, 0) is 9.63 Å². The number of carbonyl (C=O) groups excluding carboxylic acids is 1. The summed E-state index contributed by atoms with van der Waals surface area (Å²) in [6.07, 6.45) is 0.128. The molecule has 0 spiro atoms. The maximum atomic E-state index is 11.0. The van der Waals surface area contributed by atoms with E-state index in [1.165, 1.54) is 0 Å². The number of nitrogens with one attached hydrogen (secondary N) is 1. The van der Waals surface area contributed by atoms with Crippen molar-refractivity contribution in [1.29, 1.82) is 0 Å². The van der Waals surface area contributed by atoms with Crippen LogP contribution in [0.2, 0.25) is 0 Å². The van der Waals surface area contributed by atoms with Crippen LogP contribution in [0.1, 0.15) is 6.42 Å². The number of ether oxygens (including phenoxy) is 1. The first-order chi connectivity index (χ1) is 9.19. The summed E-state index contributed by atoms with van der Waals surface area (Å²) >= 11 is 3.42. The fourth-order valence-electron chi connectivity index (χ4n) is 1.65. The molecule has 0 radical (unpaired) electrons. The molecular weight excluding hydrogens is 312 g/mol. The molecule has 2 aromatic rings. The molecule has 0 aliphatic rings. The Bertz CT molecular complexity index is 589. The lowest BCUT2D eigenvalue weighted by atomic mass is 10.1. The van der Waals surface area contributed by atoms with E-state index in [9.17, 15) is 4.79 Å². The molecule has 0 saturated heterocycles. The van der Waals surface area contributed by atoms with Crippen LogP contribution in [0.5, 0.6) is 5.75 Å². The van der Waals surface area contributed by atoms with Crippen molar-refractivity contribution in [3.05, 3.63) is 40.9 Å². The molecule has 0 saturated carbocycles. The lowest BCUT2D eigenvalue weighted by Gasteiger charge is -2.07. The molecule has 0 aromatic heterocycles. The third-order valence-electron chi connectivity index (χ3n) is 2.52. The highest BCUT2D eigenvalue weighted by atomic mass is 79.9. The maximum absolute atomic E-state index is 11.0. The van der Waals surface area contributed by atoms with E-state index in [0.29, 0.717) is 5.75 Å². The number of hydrogen-bond donors (Lipinski definition) is 2. The van der Waals surface area contributed by atoms with E-state index in [4.69, 9.17) is 10.6 Å². The van der Waals surface area contributed by atoms with Gasteiger partial charge >= 0.3 is 5.97 Å². The van der Waals surface area contributed by atoms with Crippen molar-refractivity contribution in [2.45, 2.75) is 6.42 Å². The maximum Gasteiger partial charge on any atom is 0.329 e. The summed E-state index contributed by atoms with van der Waals surface area (Å²) < 4.78 is 6.51. The molecule has 2 rings (SSSR count). The lowest BCUT2D eigenvalue weighted by Crippen LogP contribution is -2.26. The van der Waals surface area contributed by atoms with Crippen molar-refractivity contribution in [1.82, 2.24) is 5.59 Å². The fraction of sp³-hybridized carbons (Fsp3) is 0.154. The standard InChI is InChI=1S/C13H13BrN2O3/c14-11-3-1-10-8-12(4-2-9(10)7-11)18-6-5-13(17)19-16-15/h1-4,7-8,16H,5-6,15H2. The Labute approximate surface area is 118 Å². The van der Waals surface area contributed by atoms with Crippen molar-refractivity contribution in [2.24, 2.45) is 5.84 Å². The minimum absolute atomic E-state index is 0.128. The summed E-state index contributed by atoms with van der Waals surface area (Å²) in [4.78, 5) is 15.4. The van der Waals surface area contributed by atoms with E-state index < -0.39 is 5.97 Å². The van der Waals surface area contributed by atoms with Gasteiger partial charge in [0.1, 0.15) is 5.75 Å². The van der Waals surface area contributed by atoms with E-state index in [2.05, 4.69) is 20.8 Å². The Kier molecular flexibility index (Phi) is 4.73. The second-order valence-corrected chi connectivity index (χ2v) is 4.76. The van der Waals surface area contributed by atoms with Gasteiger partial charge in [0.2, 0.25) is 0 Å². The van der Waals surface area contributed by atoms with Gasteiger partial charge in [0.25, 0.3) is 0 Å². The molecule has 0 amide bonds. The Morgan fingerprint density at radius 3 is 2.74 bits per heavy atom. The van der Waals surface area contributed by atoms with Crippen LogP contribution in [-0.4, -0.2) is 12.6 Å². The summed E-state index contributed by atoms with van der Waals surface area (Å²) in [6, 6.07) is 11.8. The van der Waals surface area contributed by atoms with Crippen molar-refractivity contribution in [3.8, 4) is 5.75 Å². The first kappa shape index (κ1) is 13.8. The summed E-state index contributed by atoms with van der Waals surface area (Å²) in [5.74, 6) is 5.09. The van der Waals surface area contributed by atoms with E-state index in [-0.39, 0.29) is 13.0 Å². The minimum Gasteiger partial charge on any atom is -0.493 e. The predicted molar refractivity (Wildman–Crippen MR) is 75.2 cm³/mol. The second-order valence-electron chi connectivity index (χ2n) is 3.84. The first-order valence-corrected chi connectivity index (χ1v) is 6.46. The summed E-state index contributed by atoms with van der Waals surface area (Å²) in [7, 11) is 0. The Morgan fingerprint density at radius 2 is 1.95 bits per heavy atom. The van der Waals surface area contributed by atoms with Gasteiger partial charge in [-0.05, 0) is 35.0 Å². The van der Waals surface area contributed by atoms with E-state index in [0.717, 1.165) is 15.2 Å². The van der Waals surface area contributed by atoms with E-state index in [1.807, 2.05) is 42.0 Å².